The van der Waals surface area contributed by atoms with Crippen LogP contribution >= 0.6 is 0 Å². The molecule has 2 fully saturated rings. The highest BCUT2D eigenvalue weighted by Gasteiger charge is 2.40. The predicted octanol–water partition coefficient (Wildman–Crippen LogP) is 1.42. The molecule has 1 atom stereocenters. The molecule has 0 amide bonds. The van der Waals surface area contributed by atoms with Crippen molar-refractivity contribution in [2.45, 2.75) is 63.2 Å². The van der Waals surface area contributed by atoms with Gasteiger partial charge < -0.3 is 4.74 Å². The van der Waals surface area contributed by atoms with Gasteiger partial charge in [0.1, 0.15) is 0 Å². The first-order chi connectivity index (χ1) is 9.17. The van der Waals surface area contributed by atoms with E-state index < -0.39 is 0 Å². The fourth-order valence-electron chi connectivity index (χ4n) is 3.40. The molecule has 5 heteroatoms. The molecule has 1 spiro atoms. The zero-order valence-corrected chi connectivity index (χ0v) is 11.1. The first-order valence-electron chi connectivity index (χ1n) is 7.15. The summed E-state index contributed by atoms with van der Waals surface area (Å²) in [6, 6.07) is 1.38. The molecule has 3 rings (SSSR count). The summed E-state index contributed by atoms with van der Waals surface area (Å²) in [5.74, 6) is 0. The fraction of sp³-hybridized carbons (Fsp3) is 0.714. The number of H-pyrrole nitrogens is 1. The number of rotatable bonds is 2. The molecule has 104 valence electrons. The molecule has 5 nitrogen and oxygen atoms in total. The van der Waals surface area contributed by atoms with Crippen LogP contribution in [0.3, 0.4) is 0 Å². The first-order valence-corrected chi connectivity index (χ1v) is 7.15. The fourth-order valence-corrected chi connectivity index (χ4v) is 3.40. The van der Waals surface area contributed by atoms with E-state index in [0.29, 0.717) is 6.54 Å². The van der Waals surface area contributed by atoms with E-state index in [2.05, 4.69) is 4.98 Å². The van der Waals surface area contributed by atoms with E-state index >= 15 is 0 Å². The van der Waals surface area contributed by atoms with Crippen LogP contribution in [0.1, 0.15) is 44.9 Å². The number of nitrogens with zero attached hydrogens (tertiary/aromatic N) is 1. The Morgan fingerprint density at radius 2 is 2.05 bits per heavy atom. The van der Waals surface area contributed by atoms with Crippen LogP contribution < -0.4 is 11.2 Å². The zero-order valence-electron chi connectivity index (χ0n) is 11.1. The van der Waals surface area contributed by atoms with E-state index in [-0.39, 0.29) is 23.0 Å². The Kier molecular flexibility index (Phi) is 3.31. The minimum absolute atomic E-state index is 0.0781. The third-order valence-electron chi connectivity index (χ3n) is 4.40. The van der Waals surface area contributed by atoms with Gasteiger partial charge in [0, 0.05) is 12.3 Å². The smallest absolute Gasteiger partial charge is 0.328 e. The third-order valence-corrected chi connectivity index (χ3v) is 4.40. The average molecular weight is 264 g/mol. The van der Waals surface area contributed by atoms with Crippen molar-refractivity contribution in [3.05, 3.63) is 33.1 Å². The van der Waals surface area contributed by atoms with Crippen molar-refractivity contribution in [1.29, 1.82) is 0 Å². The van der Waals surface area contributed by atoms with Gasteiger partial charge in [-0.25, -0.2) is 4.79 Å². The van der Waals surface area contributed by atoms with E-state index in [1.807, 2.05) is 0 Å². The molecule has 19 heavy (non-hydrogen) atoms. The van der Waals surface area contributed by atoms with Crippen LogP contribution in [-0.4, -0.2) is 21.3 Å². The molecule has 1 aliphatic heterocycles. The quantitative estimate of drug-likeness (QED) is 0.878. The molecule has 0 radical (unpaired) electrons. The summed E-state index contributed by atoms with van der Waals surface area (Å²) in [6.45, 7) is 0.539. The van der Waals surface area contributed by atoms with Crippen molar-refractivity contribution >= 4 is 0 Å². The molecule has 0 bridgehead atoms. The van der Waals surface area contributed by atoms with Crippen molar-refractivity contribution in [2.24, 2.45) is 0 Å². The number of aromatic amines is 1. The van der Waals surface area contributed by atoms with E-state index in [0.717, 1.165) is 25.7 Å². The second kappa shape index (κ2) is 4.96. The van der Waals surface area contributed by atoms with Crippen LogP contribution in [0.25, 0.3) is 0 Å². The van der Waals surface area contributed by atoms with Gasteiger partial charge in [-0.05, 0) is 25.7 Å². The second-order valence-corrected chi connectivity index (χ2v) is 5.78. The summed E-state index contributed by atoms with van der Waals surface area (Å²) in [5.41, 5.74) is -0.618. The van der Waals surface area contributed by atoms with Gasteiger partial charge in [0.2, 0.25) is 0 Å². The highest BCUT2D eigenvalue weighted by molar-refractivity contribution is 4.92. The van der Waals surface area contributed by atoms with E-state index in [1.165, 1.54) is 29.9 Å². The number of hydrogen-bond acceptors (Lipinski definition) is 3. The molecule has 1 saturated heterocycles. The van der Waals surface area contributed by atoms with Gasteiger partial charge in [-0.1, -0.05) is 19.3 Å². The number of ether oxygens (including phenoxy) is 1. The lowest BCUT2D eigenvalue weighted by molar-refractivity contribution is -0.0683. The van der Waals surface area contributed by atoms with E-state index in [9.17, 15) is 9.59 Å². The summed E-state index contributed by atoms with van der Waals surface area (Å²) < 4.78 is 7.76. The number of aromatic nitrogens is 2. The van der Waals surface area contributed by atoms with Gasteiger partial charge in [0.25, 0.3) is 5.56 Å². The summed E-state index contributed by atoms with van der Waals surface area (Å²) in [7, 11) is 0. The topological polar surface area (TPSA) is 64.1 Å². The molecular weight excluding hydrogens is 244 g/mol. The van der Waals surface area contributed by atoms with Gasteiger partial charge in [-0.3, -0.25) is 14.3 Å². The normalized spacial score (nSPS) is 25.8. The molecule has 1 aromatic rings. The third kappa shape index (κ3) is 2.66. The predicted molar refractivity (Wildman–Crippen MR) is 71.2 cm³/mol. The first kappa shape index (κ1) is 12.7. The SMILES string of the molecule is O=c1ccn(CC2CCC3(CCCCC3)O2)c(=O)[nH]1. The number of hydrogen-bond donors (Lipinski definition) is 1. The highest BCUT2D eigenvalue weighted by Crippen LogP contribution is 2.42. The van der Waals surface area contributed by atoms with Crippen LogP contribution in [0.5, 0.6) is 0 Å². The Balaban J connectivity index is 1.68. The molecule has 1 N–H and O–H groups in total. The van der Waals surface area contributed by atoms with Crippen molar-refractivity contribution in [3.63, 3.8) is 0 Å². The maximum Gasteiger partial charge on any atom is 0.328 e. The van der Waals surface area contributed by atoms with Crippen molar-refractivity contribution in [2.75, 3.05) is 0 Å². The van der Waals surface area contributed by atoms with Gasteiger partial charge in [-0.15, -0.1) is 0 Å². The van der Waals surface area contributed by atoms with Gasteiger partial charge >= 0.3 is 5.69 Å². The van der Waals surface area contributed by atoms with Crippen LogP contribution in [0.15, 0.2) is 21.9 Å². The van der Waals surface area contributed by atoms with Crippen molar-refractivity contribution in [1.82, 2.24) is 9.55 Å². The van der Waals surface area contributed by atoms with Crippen LogP contribution in [0.4, 0.5) is 0 Å². The zero-order chi connectivity index (χ0) is 13.3. The summed E-state index contributed by atoms with van der Waals surface area (Å²) in [4.78, 5) is 24.9. The standard InChI is InChI=1S/C14H20N2O3/c17-12-5-9-16(13(18)15-12)10-11-4-8-14(19-11)6-2-1-3-7-14/h5,9,11H,1-4,6-8,10H2,(H,15,17,18). The summed E-state index contributed by atoms with van der Waals surface area (Å²) in [6.07, 6.45) is 9.90. The lowest BCUT2D eigenvalue weighted by Crippen LogP contribution is -2.35. The maximum atomic E-state index is 11.6. The lowest BCUT2D eigenvalue weighted by atomic mass is 9.83. The Labute approximate surface area is 111 Å². The molecular formula is C14H20N2O3. The Morgan fingerprint density at radius 3 is 2.79 bits per heavy atom. The molecule has 2 aliphatic rings. The monoisotopic (exact) mass is 264 g/mol. The Bertz CT molecular complexity index is 554. The minimum Gasteiger partial charge on any atom is -0.370 e. The summed E-state index contributed by atoms with van der Waals surface area (Å²) in [5, 5.41) is 0. The lowest BCUT2D eigenvalue weighted by Gasteiger charge is -2.33. The number of nitrogens with one attached hydrogen (secondary N) is 1. The van der Waals surface area contributed by atoms with Gasteiger partial charge in [0.05, 0.1) is 18.2 Å². The average Bonchev–Trinajstić information content (AvgIpc) is 2.77. The Morgan fingerprint density at radius 1 is 1.26 bits per heavy atom. The molecule has 1 aliphatic carbocycles. The van der Waals surface area contributed by atoms with Crippen LogP contribution in [-0.2, 0) is 11.3 Å². The molecule has 0 aromatic carbocycles. The minimum atomic E-state index is -0.350. The molecule has 1 saturated carbocycles. The van der Waals surface area contributed by atoms with E-state index in [4.69, 9.17) is 4.74 Å². The van der Waals surface area contributed by atoms with Crippen molar-refractivity contribution < 1.29 is 4.74 Å². The molecule has 1 aromatic heterocycles. The van der Waals surface area contributed by atoms with Gasteiger partial charge in [-0.2, -0.15) is 0 Å². The highest BCUT2D eigenvalue weighted by atomic mass is 16.5. The molecule has 2 heterocycles. The summed E-state index contributed by atoms with van der Waals surface area (Å²) >= 11 is 0. The van der Waals surface area contributed by atoms with Crippen LogP contribution in [0, 0.1) is 0 Å². The molecule has 1 unspecified atom stereocenters. The largest absolute Gasteiger partial charge is 0.370 e. The van der Waals surface area contributed by atoms with Crippen molar-refractivity contribution in [3.8, 4) is 0 Å². The van der Waals surface area contributed by atoms with Gasteiger partial charge in [0.15, 0.2) is 0 Å². The maximum absolute atomic E-state index is 11.6. The van der Waals surface area contributed by atoms with Crippen LogP contribution in [0.2, 0.25) is 0 Å². The second-order valence-electron chi connectivity index (χ2n) is 5.78. The Hall–Kier alpha value is -1.36. The van der Waals surface area contributed by atoms with E-state index in [1.54, 1.807) is 6.20 Å².